The summed E-state index contributed by atoms with van der Waals surface area (Å²) in [6.07, 6.45) is 3.93. The van der Waals surface area contributed by atoms with Gasteiger partial charge >= 0.3 is 0 Å². The van der Waals surface area contributed by atoms with Crippen molar-refractivity contribution in [3.63, 3.8) is 0 Å². The summed E-state index contributed by atoms with van der Waals surface area (Å²) in [5.41, 5.74) is 1.26. The van der Waals surface area contributed by atoms with Crippen molar-refractivity contribution in [2.45, 2.75) is 51.2 Å². The quantitative estimate of drug-likeness (QED) is 0.916. The Balaban J connectivity index is 1.61. The van der Waals surface area contributed by atoms with Crippen LogP contribution in [0.2, 0.25) is 0 Å². The summed E-state index contributed by atoms with van der Waals surface area (Å²) in [7, 11) is 0. The molecule has 1 aromatic carbocycles. The third kappa shape index (κ3) is 4.15. The number of likely N-dealkylation sites (tertiary alicyclic amines) is 2. The van der Waals surface area contributed by atoms with Gasteiger partial charge in [0.25, 0.3) is 0 Å². The summed E-state index contributed by atoms with van der Waals surface area (Å²) in [6.45, 7) is 4.81. The number of rotatable bonds is 4. The Morgan fingerprint density at radius 2 is 1.88 bits per heavy atom. The summed E-state index contributed by atoms with van der Waals surface area (Å²) >= 11 is 0. The standard InChI is InChI=1S/C19H27N3O2/c1-15(23)20-17-9-5-12-22(14-17)19(24)18-10-6-11-21(18)13-16-7-3-2-4-8-16/h2-4,7-8,17-18H,5-6,9-14H2,1H3,(H,20,23). The van der Waals surface area contributed by atoms with E-state index in [1.165, 1.54) is 5.56 Å². The highest BCUT2D eigenvalue weighted by molar-refractivity contribution is 5.82. The lowest BCUT2D eigenvalue weighted by Crippen LogP contribution is -2.53. The highest BCUT2D eigenvalue weighted by Gasteiger charge is 2.35. The minimum atomic E-state index is -0.0131. The van der Waals surface area contributed by atoms with Crippen molar-refractivity contribution in [1.82, 2.24) is 15.1 Å². The molecule has 24 heavy (non-hydrogen) atoms. The van der Waals surface area contributed by atoms with Gasteiger partial charge in [0.1, 0.15) is 0 Å². The van der Waals surface area contributed by atoms with E-state index in [0.29, 0.717) is 6.54 Å². The van der Waals surface area contributed by atoms with Crippen LogP contribution in [0.1, 0.15) is 38.2 Å². The molecule has 5 nitrogen and oxygen atoms in total. The minimum Gasteiger partial charge on any atom is -0.352 e. The van der Waals surface area contributed by atoms with Crippen molar-refractivity contribution >= 4 is 11.8 Å². The van der Waals surface area contributed by atoms with E-state index in [2.05, 4.69) is 22.3 Å². The highest BCUT2D eigenvalue weighted by Crippen LogP contribution is 2.23. The molecule has 0 spiro atoms. The van der Waals surface area contributed by atoms with Gasteiger partial charge in [-0.15, -0.1) is 0 Å². The maximum atomic E-state index is 13.0. The van der Waals surface area contributed by atoms with E-state index in [0.717, 1.165) is 45.3 Å². The van der Waals surface area contributed by atoms with Crippen LogP contribution in [0.4, 0.5) is 0 Å². The lowest BCUT2D eigenvalue weighted by molar-refractivity contribution is -0.138. The molecule has 2 aliphatic rings. The van der Waals surface area contributed by atoms with Gasteiger partial charge < -0.3 is 10.2 Å². The zero-order chi connectivity index (χ0) is 16.9. The third-order valence-corrected chi connectivity index (χ3v) is 5.02. The van der Waals surface area contributed by atoms with E-state index in [1.54, 1.807) is 6.92 Å². The molecule has 0 radical (unpaired) electrons. The third-order valence-electron chi connectivity index (χ3n) is 5.02. The Hall–Kier alpha value is -1.88. The molecule has 0 aliphatic carbocycles. The van der Waals surface area contributed by atoms with E-state index >= 15 is 0 Å². The second-order valence-corrected chi connectivity index (χ2v) is 6.94. The zero-order valence-corrected chi connectivity index (χ0v) is 14.4. The summed E-state index contributed by atoms with van der Waals surface area (Å²) in [6, 6.07) is 10.4. The predicted molar refractivity (Wildman–Crippen MR) is 93.3 cm³/mol. The number of carbonyl (C=O) groups is 2. The lowest BCUT2D eigenvalue weighted by Gasteiger charge is -2.36. The van der Waals surface area contributed by atoms with Crippen molar-refractivity contribution in [3.05, 3.63) is 35.9 Å². The summed E-state index contributed by atoms with van der Waals surface area (Å²) in [5, 5.41) is 2.96. The molecule has 1 N–H and O–H groups in total. The first kappa shape index (κ1) is 17.0. The van der Waals surface area contributed by atoms with E-state index in [9.17, 15) is 9.59 Å². The molecule has 130 valence electrons. The molecule has 0 aromatic heterocycles. The van der Waals surface area contributed by atoms with Crippen molar-refractivity contribution < 1.29 is 9.59 Å². The molecular weight excluding hydrogens is 302 g/mol. The molecule has 2 heterocycles. The van der Waals surface area contributed by atoms with Gasteiger partial charge in [0.05, 0.1) is 6.04 Å². The summed E-state index contributed by atoms with van der Waals surface area (Å²) in [4.78, 5) is 28.5. The number of benzene rings is 1. The molecule has 0 bridgehead atoms. The van der Waals surface area contributed by atoms with Crippen LogP contribution in [-0.4, -0.2) is 53.3 Å². The molecular formula is C19H27N3O2. The second kappa shape index (κ2) is 7.79. The highest BCUT2D eigenvalue weighted by atomic mass is 16.2. The fourth-order valence-corrected chi connectivity index (χ4v) is 3.91. The number of nitrogens with zero attached hydrogens (tertiary/aromatic N) is 2. The van der Waals surface area contributed by atoms with Crippen LogP contribution in [0.5, 0.6) is 0 Å². The van der Waals surface area contributed by atoms with Gasteiger partial charge in [0.15, 0.2) is 0 Å². The number of hydrogen-bond acceptors (Lipinski definition) is 3. The van der Waals surface area contributed by atoms with Crippen LogP contribution in [0.25, 0.3) is 0 Å². The van der Waals surface area contributed by atoms with E-state index in [4.69, 9.17) is 0 Å². The lowest BCUT2D eigenvalue weighted by atomic mass is 10.0. The molecule has 5 heteroatoms. The van der Waals surface area contributed by atoms with Crippen LogP contribution in [0.15, 0.2) is 30.3 Å². The molecule has 0 saturated carbocycles. The van der Waals surface area contributed by atoms with Gasteiger partial charge in [-0.05, 0) is 37.8 Å². The van der Waals surface area contributed by atoms with Crippen molar-refractivity contribution in [2.75, 3.05) is 19.6 Å². The van der Waals surface area contributed by atoms with Gasteiger partial charge in [-0.3, -0.25) is 14.5 Å². The summed E-state index contributed by atoms with van der Waals surface area (Å²) < 4.78 is 0. The molecule has 2 atom stereocenters. The van der Waals surface area contributed by atoms with Gasteiger partial charge in [0, 0.05) is 32.6 Å². The Bertz CT molecular complexity index is 575. The van der Waals surface area contributed by atoms with Gasteiger partial charge in [-0.1, -0.05) is 30.3 Å². The average Bonchev–Trinajstić information content (AvgIpc) is 3.03. The smallest absolute Gasteiger partial charge is 0.240 e. The van der Waals surface area contributed by atoms with Gasteiger partial charge in [-0.25, -0.2) is 0 Å². The normalized spacial score (nSPS) is 24.8. The molecule has 2 saturated heterocycles. The first-order valence-electron chi connectivity index (χ1n) is 8.97. The van der Waals surface area contributed by atoms with Crippen LogP contribution in [0.3, 0.4) is 0 Å². The second-order valence-electron chi connectivity index (χ2n) is 6.94. The number of amides is 2. The Morgan fingerprint density at radius 1 is 1.12 bits per heavy atom. The fourth-order valence-electron chi connectivity index (χ4n) is 3.91. The topological polar surface area (TPSA) is 52.7 Å². The van der Waals surface area contributed by atoms with Crippen molar-refractivity contribution in [1.29, 1.82) is 0 Å². The first-order valence-corrected chi connectivity index (χ1v) is 8.97. The molecule has 2 amide bonds. The molecule has 1 aromatic rings. The number of carbonyl (C=O) groups excluding carboxylic acids is 2. The number of piperidine rings is 1. The van der Waals surface area contributed by atoms with Crippen molar-refractivity contribution in [2.24, 2.45) is 0 Å². The molecule has 2 fully saturated rings. The Labute approximate surface area is 144 Å². The van der Waals surface area contributed by atoms with Gasteiger partial charge in [-0.2, -0.15) is 0 Å². The SMILES string of the molecule is CC(=O)NC1CCCN(C(=O)C2CCCN2Cc2ccccc2)C1. The van der Waals surface area contributed by atoms with E-state index in [1.807, 2.05) is 23.1 Å². The predicted octanol–water partition coefficient (Wildman–Crippen LogP) is 1.78. The summed E-state index contributed by atoms with van der Waals surface area (Å²) in [5.74, 6) is 0.222. The maximum Gasteiger partial charge on any atom is 0.240 e. The fraction of sp³-hybridized carbons (Fsp3) is 0.579. The monoisotopic (exact) mass is 329 g/mol. The van der Waals surface area contributed by atoms with E-state index in [-0.39, 0.29) is 23.9 Å². The zero-order valence-electron chi connectivity index (χ0n) is 14.4. The van der Waals surface area contributed by atoms with Gasteiger partial charge in [0.2, 0.25) is 11.8 Å². The van der Waals surface area contributed by atoms with Crippen LogP contribution in [0, 0.1) is 0 Å². The van der Waals surface area contributed by atoms with Crippen LogP contribution in [-0.2, 0) is 16.1 Å². The number of hydrogen-bond donors (Lipinski definition) is 1. The largest absolute Gasteiger partial charge is 0.352 e. The van der Waals surface area contributed by atoms with Crippen LogP contribution >= 0.6 is 0 Å². The average molecular weight is 329 g/mol. The van der Waals surface area contributed by atoms with Crippen molar-refractivity contribution in [3.8, 4) is 0 Å². The minimum absolute atomic E-state index is 0.0127. The van der Waals surface area contributed by atoms with E-state index < -0.39 is 0 Å². The number of nitrogens with one attached hydrogen (secondary N) is 1. The first-order chi connectivity index (χ1) is 11.6. The Kier molecular flexibility index (Phi) is 5.51. The molecule has 2 aliphatic heterocycles. The maximum absolute atomic E-state index is 13.0. The molecule has 2 unspecified atom stereocenters. The molecule has 3 rings (SSSR count). The van der Waals surface area contributed by atoms with Crippen LogP contribution < -0.4 is 5.32 Å². The Morgan fingerprint density at radius 3 is 2.62 bits per heavy atom.